The third kappa shape index (κ3) is 5.11. The van der Waals surface area contributed by atoms with Crippen molar-refractivity contribution in [3.8, 4) is 0 Å². The van der Waals surface area contributed by atoms with Gasteiger partial charge in [0.2, 0.25) is 5.91 Å². The van der Waals surface area contributed by atoms with Crippen LogP contribution in [0.5, 0.6) is 0 Å². The highest BCUT2D eigenvalue weighted by Crippen LogP contribution is 2.15. The van der Waals surface area contributed by atoms with Crippen LogP contribution in [0.15, 0.2) is 48.5 Å². The molecule has 2 aromatic carbocycles. The van der Waals surface area contributed by atoms with Gasteiger partial charge in [-0.15, -0.1) is 0 Å². The van der Waals surface area contributed by atoms with E-state index in [1.165, 1.54) is 18.2 Å². The topological polar surface area (TPSA) is 79.5 Å². The normalized spacial score (nSPS) is 16.7. The third-order valence-corrected chi connectivity index (χ3v) is 3.92. The van der Waals surface area contributed by atoms with E-state index in [2.05, 4.69) is 16.0 Å². The van der Waals surface area contributed by atoms with Crippen LogP contribution in [-0.4, -0.2) is 37.6 Å². The van der Waals surface area contributed by atoms with Gasteiger partial charge in [-0.2, -0.15) is 0 Å². The smallest absolute Gasteiger partial charge is 0.255 e. The van der Waals surface area contributed by atoms with Crippen molar-refractivity contribution in [2.24, 2.45) is 0 Å². The van der Waals surface area contributed by atoms with Gasteiger partial charge in [0.15, 0.2) is 0 Å². The number of carbonyl (C=O) groups is 2. The van der Waals surface area contributed by atoms with E-state index in [9.17, 15) is 14.0 Å². The largest absolute Gasteiger partial charge is 0.378 e. The van der Waals surface area contributed by atoms with Crippen LogP contribution in [0.2, 0.25) is 0 Å². The number of anilines is 2. The summed E-state index contributed by atoms with van der Waals surface area (Å²) in [5, 5.41) is 8.63. The van der Waals surface area contributed by atoms with Crippen molar-refractivity contribution in [2.75, 3.05) is 30.4 Å². The predicted octanol–water partition coefficient (Wildman–Crippen LogP) is 2.39. The maximum Gasteiger partial charge on any atom is 0.255 e. The Morgan fingerprint density at radius 3 is 2.62 bits per heavy atom. The number of rotatable bonds is 5. The molecule has 3 N–H and O–H groups in total. The van der Waals surface area contributed by atoms with Crippen molar-refractivity contribution in [1.29, 1.82) is 0 Å². The summed E-state index contributed by atoms with van der Waals surface area (Å²) in [4.78, 5) is 24.4. The molecule has 7 heteroatoms. The first-order valence-electron chi connectivity index (χ1n) is 8.38. The van der Waals surface area contributed by atoms with E-state index >= 15 is 0 Å². The summed E-state index contributed by atoms with van der Waals surface area (Å²) in [6, 6.07) is 12.2. The minimum Gasteiger partial charge on any atom is -0.378 e. The van der Waals surface area contributed by atoms with Crippen LogP contribution < -0.4 is 16.0 Å². The van der Waals surface area contributed by atoms with Crippen molar-refractivity contribution in [1.82, 2.24) is 5.32 Å². The van der Waals surface area contributed by atoms with Gasteiger partial charge in [0.1, 0.15) is 5.82 Å². The molecule has 2 amide bonds. The molecule has 0 saturated carbocycles. The highest BCUT2D eigenvalue weighted by molar-refractivity contribution is 6.05. The van der Waals surface area contributed by atoms with Gasteiger partial charge in [-0.3, -0.25) is 9.59 Å². The summed E-state index contributed by atoms with van der Waals surface area (Å²) in [6.45, 7) is 1.89. The summed E-state index contributed by atoms with van der Waals surface area (Å²) in [5.41, 5.74) is 1.26. The monoisotopic (exact) mass is 357 g/mol. The lowest BCUT2D eigenvalue weighted by Gasteiger charge is -2.23. The minimum atomic E-state index is -0.427. The highest BCUT2D eigenvalue weighted by atomic mass is 19.1. The summed E-state index contributed by atoms with van der Waals surface area (Å²) < 4.78 is 18.5. The van der Waals surface area contributed by atoms with Crippen molar-refractivity contribution in [3.05, 3.63) is 59.9 Å². The van der Waals surface area contributed by atoms with E-state index in [1.54, 1.807) is 30.3 Å². The molecule has 3 rings (SSSR count). The average Bonchev–Trinajstić information content (AvgIpc) is 2.62. The minimum absolute atomic E-state index is 0.0109. The summed E-state index contributed by atoms with van der Waals surface area (Å²) in [7, 11) is 0. The number of hydrogen-bond acceptors (Lipinski definition) is 4. The van der Waals surface area contributed by atoms with Crippen LogP contribution in [0.25, 0.3) is 0 Å². The first kappa shape index (κ1) is 18.0. The molecule has 1 fully saturated rings. The molecule has 1 aliphatic rings. The van der Waals surface area contributed by atoms with E-state index in [-0.39, 0.29) is 17.9 Å². The van der Waals surface area contributed by atoms with Gasteiger partial charge in [0.25, 0.3) is 5.91 Å². The van der Waals surface area contributed by atoms with Gasteiger partial charge < -0.3 is 20.7 Å². The van der Waals surface area contributed by atoms with Gasteiger partial charge >= 0.3 is 0 Å². The molecular weight excluding hydrogens is 337 g/mol. The molecule has 0 radical (unpaired) electrons. The van der Waals surface area contributed by atoms with Gasteiger partial charge in [-0.25, -0.2) is 4.39 Å². The summed E-state index contributed by atoms with van der Waals surface area (Å²) in [6.07, 6.45) is 0.291. The maximum atomic E-state index is 13.2. The number of benzene rings is 2. The van der Waals surface area contributed by atoms with Crippen molar-refractivity contribution in [3.63, 3.8) is 0 Å². The molecule has 0 bridgehead atoms. The number of ether oxygens (including phenoxy) is 1. The molecule has 1 heterocycles. The van der Waals surface area contributed by atoms with Crippen molar-refractivity contribution in [2.45, 2.75) is 12.5 Å². The number of nitrogens with one attached hydrogen (secondary N) is 3. The Morgan fingerprint density at radius 2 is 1.88 bits per heavy atom. The Balaban J connectivity index is 1.60. The standard InChI is InChI=1S/C19H20FN3O3/c20-14-4-2-6-16(10-14)23-19(25)13-3-1-5-15(9-13)22-18(24)11-17-12-26-8-7-21-17/h1-6,9-10,17,21H,7-8,11-12H2,(H,22,24)(H,23,25). The lowest BCUT2D eigenvalue weighted by molar-refractivity contribution is -0.117. The second-order valence-electron chi connectivity index (χ2n) is 6.02. The van der Waals surface area contributed by atoms with Crippen molar-refractivity contribution >= 4 is 23.2 Å². The van der Waals surface area contributed by atoms with Gasteiger partial charge in [0.05, 0.1) is 13.2 Å². The zero-order chi connectivity index (χ0) is 18.4. The van der Waals surface area contributed by atoms with Crippen LogP contribution >= 0.6 is 0 Å². The van der Waals surface area contributed by atoms with Gasteiger partial charge in [0, 0.05) is 35.9 Å². The van der Waals surface area contributed by atoms with E-state index < -0.39 is 5.82 Å². The molecular formula is C19H20FN3O3. The molecule has 1 atom stereocenters. The second-order valence-corrected chi connectivity index (χ2v) is 6.02. The number of morpholine rings is 1. The van der Waals surface area contributed by atoms with E-state index in [1.807, 2.05) is 0 Å². The van der Waals surface area contributed by atoms with Crippen LogP contribution in [0.1, 0.15) is 16.8 Å². The quantitative estimate of drug-likeness (QED) is 0.768. The Labute approximate surface area is 150 Å². The van der Waals surface area contributed by atoms with Crippen molar-refractivity contribution < 1.29 is 18.7 Å². The fraction of sp³-hybridized carbons (Fsp3) is 0.263. The fourth-order valence-electron chi connectivity index (χ4n) is 2.69. The zero-order valence-corrected chi connectivity index (χ0v) is 14.1. The molecule has 26 heavy (non-hydrogen) atoms. The molecule has 6 nitrogen and oxygen atoms in total. The molecule has 1 aliphatic heterocycles. The van der Waals surface area contributed by atoms with Crippen LogP contribution in [0, 0.1) is 5.82 Å². The van der Waals surface area contributed by atoms with Crippen LogP contribution in [-0.2, 0) is 9.53 Å². The average molecular weight is 357 g/mol. The summed E-state index contributed by atoms with van der Waals surface area (Å²) >= 11 is 0. The molecule has 0 spiro atoms. The SMILES string of the molecule is O=C(CC1COCCN1)Nc1cccc(C(=O)Nc2cccc(F)c2)c1. The highest BCUT2D eigenvalue weighted by Gasteiger charge is 2.17. The Morgan fingerprint density at radius 1 is 1.12 bits per heavy atom. The van der Waals surface area contributed by atoms with E-state index in [0.717, 1.165) is 6.54 Å². The van der Waals surface area contributed by atoms with Crippen LogP contribution in [0.4, 0.5) is 15.8 Å². The molecule has 1 unspecified atom stereocenters. The number of halogens is 1. The first-order chi connectivity index (χ1) is 12.6. The molecule has 0 aromatic heterocycles. The lowest BCUT2D eigenvalue weighted by atomic mass is 10.1. The lowest BCUT2D eigenvalue weighted by Crippen LogP contribution is -2.43. The second kappa shape index (κ2) is 8.55. The van der Waals surface area contributed by atoms with Crippen LogP contribution in [0.3, 0.4) is 0 Å². The molecule has 1 saturated heterocycles. The number of carbonyl (C=O) groups excluding carboxylic acids is 2. The predicted molar refractivity (Wildman–Crippen MR) is 96.7 cm³/mol. The fourth-order valence-corrected chi connectivity index (χ4v) is 2.69. The van der Waals surface area contributed by atoms with Gasteiger partial charge in [-0.05, 0) is 36.4 Å². The molecule has 2 aromatic rings. The Kier molecular flexibility index (Phi) is 5.93. The Bertz CT molecular complexity index is 791. The van der Waals surface area contributed by atoms with Gasteiger partial charge in [-0.1, -0.05) is 12.1 Å². The molecule has 136 valence electrons. The van der Waals surface area contributed by atoms with E-state index in [4.69, 9.17) is 4.74 Å². The molecule has 0 aliphatic carbocycles. The first-order valence-corrected chi connectivity index (χ1v) is 8.38. The number of hydrogen-bond donors (Lipinski definition) is 3. The zero-order valence-electron chi connectivity index (χ0n) is 14.1. The third-order valence-electron chi connectivity index (χ3n) is 3.92. The Hall–Kier alpha value is -2.77. The maximum absolute atomic E-state index is 13.2. The number of amides is 2. The summed E-state index contributed by atoms with van der Waals surface area (Å²) in [5.74, 6) is -0.964. The van der Waals surface area contributed by atoms with E-state index in [0.29, 0.717) is 36.6 Å².